The van der Waals surface area contributed by atoms with E-state index in [2.05, 4.69) is 33.6 Å². The van der Waals surface area contributed by atoms with Crippen LogP contribution in [0.25, 0.3) is 0 Å². The number of aromatic nitrogens is 2. The molecule has 0 aliphatic heterocycles. The number of nitrogens with zero attached hydrogens (tertiary/aromatic N) is 3. The SMILES string of the molecule is Cc1ccc(Nc2ncc(C(=O)Nc3ccc(N(C)C)cc3)cn2)c(C)c1. The number of rotatable bonds is 5. The lowest BCUT2D eigenvalue weighted by atomic mass is 10.1. The van der Waals surface area contributed by atoms with Gasteiger partial charge in [-0.25, -0.2) is 9.97 Å². The maximum absolute atomic E-state index is 12.4. The van der Waals surface area contributed by atoms with E-state index in [9.17, 15) is 4.79 Å². The Balaban J connectivity index is 1.66. The number of hydrogen-bond donors (Lipinski definition) is 2. The van der Waals surface area contributed by atoms with Crippen LogP contribution in [0.1, 0.15) is 21.5 Å². The molecule has 1 aromatic heterocycles. The van der Waals surface area contributed by atoms with Gasteiger partial charge in [0.25, 0.3) is 5.91 Å². The van der Waals surface area contributed by atoms with E-state index in [4.69, 9.17) is 0 Å². The van der Waals surface area contributed by atoms with Crippen molar-refractivity contribution in [3.05, 3.63) is 71.5 Å². The van der Waals surface area contributed by atoms with Crippen LogP contribution in [0.5, 0.6) is 0 Å². The molecule has 0 aliphatic rings. The molecule has 2 aromatic carbocycles. The summed E-state index contributed by atoms with van der Waals surface area (Å²) in [4.78, 5) is 22.9. The van der Waals surface area contributed by atoms with E-state index in [0.29, 0.717) is 11.5 Å². The van der Waals surface area contributed by atoms with Crippen LogP contribution in [0.15, 0.2) is 54.9 Å². The van der Waals surface area contributed by atoms with Crippen molar-refractivity contribution in [2.24, 2.45) is 0 Å². The molecule has 0 saturated carbocycles. The highest BCUT2D eigenvalue weighted by molar-refractivity contribution is 6.04. The Morgan fingerprint density at radius 1 is 0.963 bits per heavy atom. The second kappa shape index (κ2) is 7.86. The molecule has 0 aliphatic carbocycles. The molecular weight excluding hydrogens is 338 g/mol. The smallest absolute Gasteiger partial charge is 0.258 e. The molecule has 2 N–H and O–H groups in total. The lowest BCUT2D eigenvalue weighted by Crippen LogP contribution is -2.13. The highest BCUT2D eigenvalue weighted by atomic mass is 16.1. The Labute approximate surface area is 159 Å². The van der Waals surface area contributed by atoms with E-state index in [1.54, 1.807) is 0 Å². The third-order valence-corrected chi connectivity index (χ3v) is 4.18. The molecule has 0 fully saturated rings. The Morgan fingerprint density at radius 3 is 2.22 bits per heavy atom. The van der Waals surface area contributed by atoms with Crippen molar-refractivity contribution < 1.29 is 4.79 Å². The van der Waals surface area contributed by atoms with Gasteiger partial charge in [0, 0.05) is 43.6 Å². The Bertz CT molecular complexity index is 934. The van der Waals surface area contributed by atoms with Gasteiger partial charge in [0.2, 0.25) is 5.95 Å². The van der Waals surface area contributed by atoms with E-state index >= 15 is 0 Å². The fourth-order valence-corrected chi connectivity index (χ4v) is 2.63. The Kier molecular flexibility index (Phi) is 5.35. The third kappa shape index (κ3) is 4.61. The van der Waals surface area contributed by atoms with Crippen LogP contribution < -0.4 is 15.5 Å². The van der Waals surface area contributed by atoms with Gasteiger partial charge in [-0.2, -0.15) is 0 Å². The highest BCUT2D eigenvalue weighted by Crippen LogP contribution is 2.20. The topological polar surface area (TPSA) is 70.2 Å². The zero-order valence-corrected chi connectivity index (χ0v) is 15.9. The van der Waals surface area contributed by atoms with Crippen LogP contribution in [-0.2, 0) is 0 Å². The maximum atomic E-state index is 12.4. The van der Waals surface area contributed by atoms with Gasteiger partial charge >= 0.3 is 0 Å². The number of amides is 1. The largest absolute Gasteiger partial charge is 0.378 e. The van der Waals surface area contributed by atoms with Crippen molar-refractivity contribution >= 4 is 28.9 Å². The normalized spacial score (nSPS) is 10.4. The van der Waals surface area contributed by atoms with E-state index in [1.807, 2.05) is 62.3 Å². The number of nitrogens with one attached hydrogen (secondary N) is 2. The van der Waals surface area contributed by atoms with Crippen LogP contribution >= 0.6 is 0 Å². The predicted molar refractivity (Wildman–Crippen MR) is 110 cm³/mol. The molecule has 1 heterocycles. The summed E-state index contributed by atoms with van der Waals surface area (Å²) in [6.45, 7) is 4.08. The lowest BCUT2D eigenvalue weighted by molar-refractivity contribution is 0.102. The average Bonchev–Trinajstić information content (AvgIpc) is 2.65. The van der Waals surface area contributed by atoms with Crippen LogP contribution in [0, 0.1) is 13.8 Å². The molecule has 0 spiro atoms. The molecule has 3 aromatic rings. The molecule has 0 unspecified atom stereocenters. The summed E-state index contributed by atoms with van der Waals surface area (Å²) in [6, 6.07) is 13.7. The molecule has 6 nitrogen and oxygen atoms in total. The van der Waals surface area contributed by atoms with Gasteiger partial charge in [-0.15, -0.1) is 0 Å². The molecule has 3 rings (SSSR count). The standard InChI is InChI=1S/C21H23N5O/c1-14-5-10-19(15(2)11-14)25-21-22-12-16(13-23-21)20(27)24-17-6-8-18(9-7-17)26(3)4/h5-13H,1-4H3,(H,24,27)(H,22,23,25). The zero-order valence-electron chi connectivity index (χ0n) is 15.9. The summed E-state index contributed by atoms with van der Waals surface area (Å²) in [5.74, 6) is 0.208. The predicted octanol–water partition coefficient (Wildman–Crippen LogP) is 4.16. The minimum Gasteiger partial charge on any atom is -0.378 e. The van der Waals surface area contributed by atoms with E-state index in [-0.39, 0.29) is 5.91 Å². The third-order valence-electron chi connectivity index (χ3n) is 4.18. The molecule has 0 radical (unpaired) electrons. The molecular formula is C21H23N5O. The average molecular weight is 361 g/mol. The number of anilines is 4. The summed E-state index contributed by atoms with van der Waals surface area (Å²) < 4.78 is 0. The Hall–Kier alpha value is -3.41. The first-order valence-corrected chi connectivity index (χ1v) is 8.67. The first-order chi connectivity index (χ1) is 12.9. The van der Waals surface area contributed by atoms with E-state index in [0.717, 1.165) is 22.6 Å². The quantitative estimate of drug-likeness (QED) is 0.714. The van der Waals surface area contributed by atoms with Gasteiger partial charge in [-0.05, 0) is 49.7 Å². The lowest BCUT2D eigenvalue weighted by Gasteiger charge is -2.13. The first-order valence-electron chi connectivity index (χ1n) is 8.67. The van der Waals surface area contributed by atoms with Gasteiger partial charge in [0.15, 0.2) is 0 Å². The van der Waals surface area contributed by atoms with Gasteiger partial charge in [-0.3, -0.25) is 4.79 Å². The molecule has 27 heavy (non-hydrogen) atoms. The summed E-state index contributed by atoms with van der Waals surface area (Å²) in [6.07, 6.45) is 3.03. The highest BCUT2D eigenvalue weighted by Gasteiger charge is 2.09. The van der Waals surface area contributed by atoms with Gasteiger partial charge in [-0.1, -0.05) is 17.7 Å². The summed E-state index contributed by atoms with van der Waals surface area (Å²) in [7, 11) is 3.94. The fourth-order valence-electron chi connectivity index (χ4n) is 2.63. The van der Waals surface area contributed by atoms with Gasteiger partial charge < -0.3 is 15.5 Å². The number of aryl methyl sites for hydroxylation is 2. The van der Waals surface area contributed by atoms with Crippen LogP contribution in [0.3, 0.4) is 0 Å². The molecule has 1 amide bonds. The minimum absolute atomic E-state index is 0.245. The van der Waals surface area contributed by atoms with Crippen LogP contribution in [-0.4, -0.2) is 30.0 Å². The molecule has 6 heteroatoms. The van der Waals surface area contributed by atoms with Crippen molar-refractivity contribution in [3.8, 4) is 0 Å². The summed E-state index contributed by atoms with van der Waals surface area (Å²) in [5, 5.41) is 6.02. The van der Waals surface area contributed by atoms with Crippen molar-refractivity contribution in [3.63, 3.8) is 0 Å². The fraction of sp³-hybridized carbons (Fsp3) is 0.190. The molecule has 0 atom stereocenters. The number of hydrogen-bond acceptors (Lipinski definition) is 5. The Morgan fingerprint density at radius 2 is 1.63 bits per heavy atom. The molecule has 0 bridgehead atoms. The second-order valence-corrected chi connectivity index (χ2v) is 6.63. The number of benzene rings is 2. The van der Waals surface area contributed by atoms with Crippen LogP contribution in [0.2, 0.25) is 0 Å². The first kappa shape index (κ1) is 18.4. The minimum atomic E-state index is -0.245. The number of carbonyl (C=O) groups excluding carboxylic acids is 1. The number of carbonyl (C=O) groups is 1. The van der Waals surface area contributed by atoms with Gasteiger partial charge in [0.05, 0.1) is 5.56 Å². The van der Waals surface area contributed by atoms with Crippen LogP contribution in [0.4, 0.5) is 23.0 Å². The van der Waals surface area contributed by atoms with Crippen molar-refractivity contribution in [1.82, 2.24) is 9.97 Å². The monoisotopic (exact) mass is 361 g/mol. The summed E-state index contributed by atoms with van der Waals surface area (Å²) >= 11 is 0. The van der Waals surface area contributed by atoms with Crippen molar-refractivity contribution in [2.45, 2.75) is 13.8 Å². The molecule has 138 valence electrons. The second-order valence-electron chi connectivity index (χ2n) is 6.63. The summed E-state index contributed by atoms with van der Waals surface area (Å²) in [5.41, 5.74) is 5.45. The van der Waals surface area contributed by atoms with E-state index < -0.39 is 0 Å². The molecule has 0 saturated heterocycles. The zero-order chi connectivity index (χ0) is 19.4. The van der Waals surface area contributed by atoms with Crippen molar-refractivity contribution in [1.29, 1.82) is 0 Å². The van der Waals surface area contributed by atoms with Gasteiger partial charge in [0.1, 0.15) is 0 Å². The maximum Gasteiger partial charge on any atom is 0.258 e. The van der Waals surface area contributed by atoms with Crippen molar-refractivity contribution in [2.75, 3.05) is 29.6 Å². The van der Waals surface area contributed by atoms with E-state index in [1.165, 1.54) is 18.0 Å².